The molecule has 71 heavy (non-hydrogen) atoms. The van der Waals surface area contributed by atoms with Crippen molar-refractivity contribution in [2.45, 2.75) is 141 Å². The van der Waals surface area contributed by atoms with Gasteiger partial charge < -0.3 is 77.1 Å². The van der Waals surface area contributed by atoms with E-state index in [0.29, 0.717) is 30.0 Å². The minimum atomic E-state index is -1.57. The number of guanidine groups is 2. The van der Waals surface area contributed by atoms with Crippen molar-refractivity contribution >= 4 is 65.1 Å². The molecule has 1 aromatic rings. The van der Waals surface area contributed by atoms with Crippen LogP contribution in [0.25, 0.3) is 0 Å². The highest BCUT2D eigenvalue weighted by Gasteiger charge is 2.36. The standard InChI is InChI=1S/C44H77N17O10/c1-23(2)20-30(59-41(70)35(24(3)4)60-40(69)32(22-34(46)64)58-37(66)28(55-25(5)62)10-6-7-17-45)38(67)57-31(21-26-13-15-27(63)16-14-26)39(68)56-29(11-8-18-53-43(48)49)42(71)61(52)33(36(47)65)12-9-19-54-44(50)51/h13-16,23-24,28-33,35,63H,6-12,17-22,45,52H2,1-5H3,(H2,46,64)(H2,47,65)(H,55,62)(H,56,68)(H,57,67)(H,58,66)(H,59,70)(H,60,69)(H4,48,49,53)(H4,50,51,54)/t28-,29-,30-,31-,32-,33-,35-/m0/s1. The Balaban J connectivity index is 3.59. The van der Waals surface area contributed by atoms with Gasteiger partial charge in [-0.15, -0.1) is 0 Å². The van der Waals surface area contributed by atoms with Crippen LogP contribution in [-0.2, 0) is 49.6 Å². The lowest BCUT2D eigenvalue weighted by Crippen LogP contribution is -2.62. The number of nitrogens with one attached hydrogen (secondary N) is 6. The number of nitrogens with zero attached hydrogens (tertiary/aromatic N) is 3. The number of carbonyl (C=O) groups excluding carboxylic acids is 9. The number of hydrogen-bond acceptors (Lipinski definition) is 14. The number of amides is 9. The maximum atomic E-state index is 14.4. The van der Waals surface area contributed by atoms with Gasteiger partial charge in [-0.2, -0.15) is 0 Å². The number of phenolic OH excluding ortho intramolecular Hbond substituents is 1. The number of carbonyl (C=O) groups is 9. The summed E-state index contributed by atoms with van der Waals surface area (Å²) in [7, 11) is 0. The molecule has 0 aromatic heterocycles. The van der Waals surface area contributed by atoms with Crippen molar-refractivity contribution in [1.82, 2.24) is 36.9 Å². The summed E-state index contributed by atoms with van der Waals surface area (Å²) >= 11 is 0. The highest BCUT2D eigenvalue weighted by atomic mass is 16.3. The summed E-state index contributed by atoms with van der Waals surface area (Å²) in [4.78, 5) is 128. The lowest BCUT2D eigenvalue weighted by atomic mass is 9.98. The first kappa shape index (κ1) is 61.7. The van der Waals surface area contributed by atoms with Gasteiger partial charge >= 0.3 is 0 Å². The molecule has 1 aromatic carbocycles. The molecule has 27 heteroatoms. The third-order valence-electron chi connectivity index (χ3n) is 10.7. The van der Waals surface area contributed by atoms with Gasteiger partial charge in [-0.05, 0) is 87.4 Å². The molecule has 0 bridgehead atoms. The van der Waals surface area contributed by atoms with Crippen LogP contribution in [0, 0.1) is 11.8 Å². The first-order chi connectivity index (χ1) is 33.3. The predicted octanol–water partition coefficient (Wildman–Crippen LogP) is -4.77. The summed E-state index contributed by atoms with van der Waals surface area (Å²) in [6.07, 6.45) is 0.489. The van der Waals surface area contributed by atoms with Crippen LogP contribution in [0.4, 0.5) is 0 Å². The molecule has 398 valence electrons. The highest BCUT2D eigenvalue weighted by molar-refractivity contribution is 5.98. The van der Waals surface area contributed by atoms with Crippen LogP contribution < -0.4 is 77.9 Å². The molecule has 0 aliphatic heterocycles. The van der Waals surface area contributed by atoms with Crippen LogP contribution in [0.5, 0.6) is 5.75 Å². The summed E-state index contributed by atoms with van der Waals surface area (Å²) < 4.78 is 0. The topological polar surface area (TPSA) is 482 Å². The largest absolute Gasteiger partial charge is 0.508 e. The zero-order valence-corrected chi connectivity index (χ0v) is 41.3. The summed E-state index contributed by atoms with van der Waals surface area (Å²) in [6, 6.07) is -3.87. The van der Waals surface area contributed by atoms with E-state index in [1.165, 1.54) is 31.2 Å². The predicted molar refractivity (Wildman–Crippen MR) is 264 cm³/mol. The maximum absolute atomic E-state index is 14.4. The normalized spacial score (nSPS) is 13.9. The van der Waals surface area contributed by atoms with Crippen LogP contribution >= 0.6 is 0 Å². The van der Waals surface area contributed by atoms with E-state index in [1.807, 2.05) is 0 Å². The molecule has 23 N–H and O–H groups in total. The van der Waals surface area contributed by atoms with Crippen LogP contribution in [-0.4, -0.2) is 137 Å². The van der Waals surface area contributed by atoms with E-state index >= 15 is 0 Å². The monoisotopic (exact) mass is 1000 g/mol. The summed E-state index contributed by atoms with van der Waals surface area (Å²) in [5.74, 6) is -2.86. The highest BCUT2D eigenvalue weighted by Crippen LogP contribution is 2.15. The zero-order valence-electron chi connectivity index (χ0n) is 41.3. The Labute approximate surface area is 413 Å². The van der Waals surface area contributed by atoms with E-state index < -0.39 is 108 Å². The van der Waals surface area contributed by atoms with Gasteiger partial charge in [0.2, 0.25) is 47.3 Å². The second-order valence-electron chi connectivity index (χ2n) is 17.7. The molecule has 0 unspecified atom stereocenters. The molecule has 0 saturated heterocycles. The van der Waals surface area contributed by atoms with Gasteiger partial charge in [-0.25, -0.2) is 5.84 Å². The van der Waals surface area contributed by atoms with Crippen molar-refractivity contribution in [3.8, 4) is 5.75 Å². The fourth-order valence-electron chi connectivity index (χ4n) is 7.07. The number of aromatic hydroxyl groups is 1. The number of hydrazine groups is 1. The molecule has 0 heterocycles. The van der Waals surface area contributed by atoms with Crippen LogP contribution in [0.3, 0.4) is 0 Å². The average Bonchev–Trinajstić information content (AvgIpc) is 3.27. The first-order valence-electron chi connectivity index (χ1n) is 23.3. The van der Waals surface area contributed by atoms with E-state index in [9.17, 15) is 48.3 Å². The molecule has 27 nitrogen and oxygen atoms in total. The fraction of sp³-hybridized carbons (Fsp3) is 0.614. The molecule has 9 amide bonds. The van der Waals surface area contributed by atoms with Crippen molar-refractivity contribution in [1.29, 1.82) is 0 Å². The quantitative estimate of drug-likeness (QED) is 0.00785. The number of unbranched alkanes of at least 4 members (excludes halogenated alkanes) is 1. The lowest BCUT2D eigenvalue weighted by molar-refractivity contribution is -0.143. The first-order valence-corrected chi connectivity index (χ1v) is 23.3. The van der Waals surface area contributed by atoms with Crippen molar-refractivity contribution < 1.29 is 48.3 Å². The minimum Gasteiger partial charge on any atom is -0.508 e. The van der Waals surface area contributed by atoms with Crippen molar-refractivity contribution in [2.75, 3.05) is 19.6 Å². The smallest absolute Gasteiger partial charge is 0.259 e. The number of rotatable bonds is 33. The second kappa shape index (κ2) is 31.8. The molecule has 0 saturated carbocycles. The lowest BCUT2D eigenvalue weighted by Gasteiger charge is -2.31. The number of benzene rings is 1. The second-order valence-corrected chi connectivity index (χ2v) is 17.7. The Bertz CT molecular complexity index is 2010. The number of nitrogens with two attached hydrogens (primary N) is 8. The van der Waals surface area contributed by atoms with E-state index in [0.717, 1.165) is 0 Å². The summed E-state index contributed by atoms with van der Waals surface area (Å²) in [6.45, 7) is 8.40. The number of aliphatic imine (C=N–C) groups is 2. The third-order valence-corrected chi connectivity index (χ3v) is 10.7. The third kappa shape index (κ3) is 24.2. The number of hydrogen-bond donors (Lipinski definition) is 15. The summed E-state index contributed by atoms with van der Waals surface area (Å²) in [5.41, 5.74) is 38.8. The molecule has 0 aliphatic rings. The Morgan fingerprint density at radius 2 is 1.10 bits per heavy atom. The van der Waals surface area contributed by atoms with E-state index in [2.05, 4.69) is 41.9 Å². The molecular formula is C44H77N17O10. The van der Waals surface area contributed by atoms with Gasteiger partial charge in [0.15, 0.2) is 11.9 Å². The average molecular weight is 1000 g/mol. The van der Waals surface area contributed by atoms with E-state index in [4.69, 9.17) is 46.0 Å². The van der Waals surface area contributed by atoms with Gasteiger partial charge in [0, 0.05) is 26.4 Å². The van der Waals surface area contributed by atoms with Gasteiger partial charge in [0.25, 0.3) is 5.91 Å². The molecule has 1 rings (SSSR count). The summed E-state index contributed by atoms with van der Waals surface area (Å²) in [5, 5.41) is 26.0. The van der Waals surface area contributed by atoms with Gasteiger partial charge in [-0.3, -0.25) is 58.1 Å². The zero-order chi connectivity index (χ0) is 54.0. The Morgan fingerprint density at radius 3 is 1.61 bits per heavy atom. The van der Waals surface area contributed by atoms with Gasteiger partial charge in [0.05, 0.1) is 6.42 Å². The van der Waals surface area contributed by atoms with Crippen LogP contribution in [0.2, 0.25) is 0 Å². The Kier molecular flexibility index (Phi) is 27.6. The molecule has 0 radical (unpaired) electrons. The van der Waals surface area contributed by atoms with Crippen molar-refractivity contribution in [2.24, 2.45) is 67.8 Å². The molecule has 0 spiro atoms. The van der Waals surface area contributed by atoms with Gasteiger partial charge in [0.1, 0.15) is 48.0 Å². The van der Waals surface area contributed by atoms with E-state index in [-0.39, 0.29) is 81.6 Å². The molecular weight excluding hydrogens is 927 g/mol. The minimum absolute atomic E-state index is 0.0185. The molecule has 0 aliphatic carbocycles. The van der Waals surface area contributed by atoms with Crippen molar-refractivity contribution in [3.05, 3.63) is 29.8 Å². The van der Waals surface area contributed by atoms with E-state index in [1.54, 1.807) is 27.7 Å². The Hall–Kier alpha value is -7.29. The fourth-order valence-corrected chi connectivity index (χ4v) is 7.07. The Morgan fingerprint density at radius 1 is 0.606 bits per heavy atom. The van der Waals surface area contributed by atoms with Crippen LogP contribution in [0.15, 0.2) is 34.3 Å². The molecule has 0 fully saturated rings. The number of phenols is 1. The van der Waals surface area contributed by atoms with Crippen LogP contribution in [0.1, 0.15) is 98.0 Å². The van der Waals surface area contributed by atoms with Crippen molar-refractivity contribution in [3.63, 3.8) is 0 Å². The molecule has 7 atom stereocenters. The van der Waals surface area contributed by atoms with Gasteiger partial charge in [-0.1, -0.05) is 39.8 Å². The number of primary amides is 2. The maximum Gasteiger partial charge on any atom is 0.259 e. The SMILES string of the molecule is CC(=O)N[C@@H](CCCCN)C(=O)N[C@@H](CC(N)=O)C(=O)N[C@H](C(=O)N[C@@H](CC(C)C)C(=O)N[C@@H](Cc1ccc(O)cc1)C(=O)N[C@@H](CCCN=C(N)N)C(=O)N(N)[C@@H](CCCN=C(N)N)C(N)=O)C(C)C.